The number of aryl methyl sites for hydroxylation is 1. The van der Waals surface area contributed by atoms with Crippen molar-refractivity contribution < 1.29 is 0 Å². The molecule has 2 radical (unpaired) electrons. The van der Waals surface area contributed by atoms with Crippen molar-refractivity contribution in [1.82, 2.24) is 0 Å². The number of hydrogen-bond acceptors (Lipinski definition) is 0. The average molecular weight is 283 g/mol. The van der Waals surface area contributed by atoms with Gasteiger partial charge >= 0.3 is 95.4 Å². The molecule has 0 N–H and O–H groups in total. The third-order valence-electron chi connectivity index (χ3n) is 2.29. The van der Waals surface area contributed by atoms with Crippen molar-refractivity contribution in [2.24, 2.45) is 0 Å². The molecular weight excluding hydrogens is 266 g/mol. The van der Waals surface area contributed by atoms with Gasteiger partial charge in [0.05, 0.1) is 0 Å². The third-order valence-corrected chi connectivity index (χ3v) is 3.54. The van der Waals surface area contributed by atoms with E-state index < -0.39 is 0 Å². The molecule has 70 valence electrons. The topological polar surface area (TPSA) is 0 Å². The van der Waals surface area contributed by atoms with Crippen LogP contribution >= 0.6 is 0 Å². The van der Waals surface area contributed by atoms with Crippen LogP contribution in [0.25, 0.3) is 0 Å². The van der Waals surface area contributed by atoms with E-state index >= 15 is 0 Å². The second-order valence-electron chi connectivity index (χ2n) is 3.44. The van der Waals surface area contributed by atoms with Gasteiger partial charge in [0, 0.05) is 0 Å². The summed E-state index contributed by atoms with van der Waals surface area (Å²) in [6, 6.07) is 8.77. The Balaban J connectivity index is 2.32. The fourth-order valence-electron chi connectivity index (χ4n) is 1.46. The SMILES string of the molecule is CCCCCCc1cccc[c]1[Sb]. The zero-order chi connectivity index (χ0) is 9.52. The Morgan fingerprint density at radius 2 is 1.85 bits per heavy atom. The van der Waals surface area contributed by atoms with Crippen LogP contribution in [0.2, 0.25) is 0 Å². The maximum atomic E-state index is 2.26. The van der Waals surface area contributed by atoms with E-state index in [-0.39, 0.29) is 0 Å². The molecule has 0 fully saturated rings. The van der Waals surface area contributed by atoms with Crippen molar-refractivity contribution in [2.45, 2.75) is 39.0 Å². The minimum absolute atomic E-state index is 1.27. The molecule has 0 aliphatic rings. The predicted octanol–water partition coefficient (Wildman–Crippen LogP) is 2.60. The van der Waals surface area contributed by atoms with Crippen LogP contribution in [0.4, 0.5) is 0 Å². The summed E-state index contributed by atoms with van der Waals surface area (Å²) >= 11 is 1.84. The predicted molar refractivity (Wildman–Crippen MR) is 59.7 cm³/mol. The molecular formula is C12H17Sb. The molecule has 1 heteroatoms. The zero-order valence-corrected chi connectivity index (χ0v) is 10.8. The summed E-state index contributed by atoms with van der Waals surface area (Å²) in [7, 11) is 0. The normalized spacial score (nSPS) is 10.3. The molecule has 13 heavy (non-hydrogen) atoms. The van der Waals surface area contributed by atoms with Gasteiger partial charge < -0.3 is 0 Å². The van der Waals surface area contributed by atoms with E-state index in [1.807, 2.05) is 23.0 Å². The third kappa shape index (κ3) is 4.18. The summed E-state index contributed by atoms with van der Waals surface area (Å²) in [6.45, 7) is 2.26. The van der Waals surface area contributed by atoms with Gasteiger partial charge in [0.25, 0.3) is 0 Å². The summed E-state index contributed by atoms with van der Waals surface area (Å²) in [5.74, 6) is 0. The van der Waals surface area contributed by atoms with E-state index in [0.29, 0.717) is 0 Å². The Bertz CT molecular complexity index is 243. The molecule has 0 atom stereocenters. The number of unbranched alkanes of at least 4 members (excludes halogenated alkanes) is 3. The Morgan fingerprint density at radius 3 is 2.54 bits per heavy atom. The first-order chi connectivity index (χ1) is 6.34. The van der Waals surface area contributed by atoms with Crippen LogP contribution in [0, 0.1) is 0 Å². The van der Waals surface area contributed by atoms with Crippen LogP contribution in [0.3, 0.4) is 0 Å². The molecule has 0 amide bonds. The van der Waals surface area contributed by atoms with Crippen molar-refractivity contribution in [3.63, 3.8) is 0 Å². The first kappa shape index (κ1) is 11.1. The maximum absolute atomic E-state index is 2.26. The van der Waals surface area contributed by atoms with Gasteiger partial charge in [-0.2, -0.15) is 0 Å². The molecule has 0 aromatic heterocycles. The van der Waals surface area contributed by atoms with Gasteiger partial charge in [-0.25, -0.2) is 0 Å². The van der Waals surface area contributed by atoms with Crippen molar-refractivity contribution >= 4 is 26.5 Å². The van der Waals surface area contributed by atoms with E-state index in [4.69, 9.17) is 0 Å². The van der Waals surface area contributed by atoms with Crippen LogP contribution in [0.15, 0.2) is 24.3 Å². The van der Waals surface area contributed by atoms with Gasteiger partial charge in [-0.1, -0.05) is 0 Å². The van der Waals surface area contributed by atoms with Crippen LogP contribution in [0.1, 0.15) is 38.2 Å². The minimum atomic E-state index is 1.27. The van der Waals surface area contributed by atoms with E-state index in [0.717, 1.165) is 0 Å². The van der Waals surface area contributed by atoms with Gasteiger partial charge in [-0.3, -0.25) is 0 Å². The molecule has 0 spiro atoms. The summed E-state index contributed by atoms with van der Waals surface area (Å²) in [6.07, 6.45) is 6.72. The Hall–Kier alpha value is 0.0382. The van der Waals surface area contributed by atoms with Crippen LogP contribution in [0.5, 0.6) is 0 Å². The van der Waals surface area contributed by atoms with Gasteiger partial charge in [0.2, 0.25) is 0 Å². The molecule has 0 aliphatic carbocycles. The van der Waals surface area contributed by atoms with E-state index in [1.54, 1.807) is 5.56 Å². The van der Waals surface area contributed by atoms with Crippen molar-refractivity contribution in [1.29, 1.82) is 0 Å². The first-order valence-corrected chi connectivity index (χ1v) is 6.39. The molecule has 0 nitrogen and oxygen atoms in total. The first-order valence-electron chi connectivity index (χ1n) is 5.11. The Kier molecular flexibility index (Phi) is 5.55. The molecule has 1 aromatic carbocycles. The Labute approximate surface area is 95.2 Å². The second-order valence-corrected chi connectivity index (χ2v) is 4.81. The number of hydrogen-bond donors (Lipinski definition) is 0. The fourth-order valence-corrected chi connectivity index (χ4v) is 2.24. The van der Waals surface area contributed by atoms with Crippen molar-refractivity contribution in [2.75, 3.05) is 0 Å². The number of benzene rings is 1. The van der Waals surface area contributed by atoms with Gasteiger partial charge in [0.1, 0.15) is 0 Å². The Morgan fingerprint density at radius 1 is 1.08 bits per heavy atom. The van der Waals surface area contributed by atoms with E-state index in [9.17, 15) is 0 Å². The molecule has 0 heterocycles. The van der Waals surface area contributed by atoms with Crippen molar-refractivity contribution in [3.8, 4) is 0 Å². The average Bonchev–Trinajstić information content (AvgIpc) is 2.15. The van der Waals surface area contributed by atoms with Crippen LogP contribution in [-0.4, -0.2) is 23.0 Å². The second kappa shape index (κ2) is 6.49. The summed E-state index contributed by atoms with van der Waals surface area (Å²) in [5, 5.41) is 0. The van der Waals surface area contributed by atoms with Gasteiger partial charge in [-0.15, -0.1) is 0 Å². The summed E-state index contributed by atoms with van der Waals surface area (Å²) in [4.78, 5) is 0. The van der Waals surface area contributed by atoms with Crippen LogP contribution in [-0.2, 0) is 6.42 Å². The van der Waals surface area contributed by atoms with E-state index in [2.05, 4.69) is 31.2 Å². The van der Waals surface area contributed by atoms with Crippen LogP contribution < -0.4 is 3.51 Å². The summed E-state index contributed by atoms with van der Waals surface area (Å²) in [5.41, 5.74) is 1.55. The van der Waals surface area contributed by atoms with Crippen molar-refractivity contribution in [3.05, 3.63) is 29.8 Å². The zero-order valence-electron chi connectivity index (χ0n) is 8.29. The molecule has 0 saturated carbocycles. The molecule has 0 bridgehead atoms. The molecule has 1 rings (SSSR count). The number of rotatable bonds is 5. The van der Waals surface area contributed by atoms with Gasteiger partial charge in [-0.05, 0) is 0 Å². The summed E-state index contributed by atoms with van der Waals surface area (Å²) < 4.78 is 1.49. The quantitative estimate of drug-likeness (QED) is 0.575. The molecule has 0 aliphatic heterocycles. The monoisotopic (exact) mass is 282 g/mol. The standard InChI is InChI=1S/C12H17.Sb/c1-2-3-4-6-9-12-10-7-5-8-11-12;/h5,7-8,10H,2-4,6,9H2,1H3;. The molecule has 1 aromatic rings. The molecule has 0 unspecified atom stereocenters. The molecule has 0 saturated heterocycles. The van der Waals surface area contributed by atoms with E-state index in [1.165, 1.54) is 35.6 Å². The van der Waals surface area contributed by atoms with Gasteiger partial charge in [0.15, 0.2) is 0 Å². The fraction of sp³-hybridized carbons (Fsp3) is 0.500.